The Hall–Kier alpha value is -6.13. The number of methoxy groups -OCH3 is 4. The molecule has 24 nitrogen and oxygen atoms in total. The van der Waals surface area contributed by atoms with Crippen molar-refractivity contribution in [2.45, 2.75) is 32.4 Å². The van der Waals surface area contributed by atoms with Crippen molar-refractivity contribution < 1.29 is 78.1 Å². The van der Waals surface area contributed by atoms with E-state index in [4.69, 9.17) is 78.1 Å². The first-order valence-corrected chi connectivity index (χ1v) is 58.7. The molecule has 0 radical (unpaired) electrons. The average Bonchev–Trinajstić information content (AvgIpc) is 1.65. The molecule has 0 bridgehead atoms. The van der Waals surface area contributed by atoms with Crippen LogP contribution in [0.4, 0.5) is 46.4 Å². The molecule has 0 aliphatic rings. The first-order valence-electron chi connectivity index (χ1n) is 31.6. The molecule has 49 heteroatoms. The van der Waals surface area contributed by atoms with Crippen LogP contribution < -0.4 is 28.3 Å². The molecular weight excluding hydrogens is 2230 g/mol. The van der Waals surface area contributed by atoms with Gasteiger partial charge < -0.3 is 77.1 Å². The molecule has 0 fully saturated rings. The summed E-state index contributed by atoms with van der Waals surface area (Å²) in [5.74, 6) is 77.4. The van der Waals surface area contributed by atoms with Crippen LogP contribution in [0.25, 0.3) is 11.2 Å². The van der Waals surface area contributed by atoms with Crippen LogP contribution in [0.1, 0.15) is 19.7 Å². The Morgan fingerprint density at radius 3 is 1.21 bits per heavy atom. The monoisotopic (exact) mass is 2300 g/mol. The van der Waals surface area contributed by atoms with Gasteiger partial charge in [0.25, 0.3) is 0 Å². The first kappa shape index (κ1) is 134. The molecule has 5 aromatic rings. The van der Waals surface area contributed by atoms with Crippen LogP contribution >= 0.6 is 205 Å². The first-order chi connectivity index (χ1) is 58.1. The summed E-state index contributed by atoms with van der Waals surface area (Å²) in [6.45, 7) is 9.00. The minimum atomic E-state index is -5.08. The van der Waals surface area contributed by atoms with Crippen molar-refractivity contribution >= 4 is 256 Å². The molecular formula is C76H75Br4Cl3F4FeN13O11P13. The van der Waals surface area contributed by atoms with Crippen molar-refractivity contribution in [3.05, 3.63) is 98.8 Å². The summed E-state index contributed by atoms with van der Waals surface area (Å²) in [5, 5.41) is 33.8. The second kappa shape index (κ2) is 92.6. The van der Waals surface area contributed by atoms with Crippen LogP contribution in [0.15, 0.2) is 66.9 Å². The van der Waals surface area contributed by atoms with Crippen LogP contribution in [0.3, 0.4) is 0 Å². The summed E-state index contributed by atoms with van der Waals surface area (Å²) in [5.41, 5.74) is 13.5. The number of nitrogens with one attached hydrogen (secondary N) is 2. The third-order valence-electron chi connectivity index (χ3n) is 10.1. The summed E-state index contributed by atoms with van der Waals surface area (Å²) in [6.07, 6.45) is 15.5. The van der Waals surface area contributed by atoms with Gasteiger partial charge in [0.1, 0.15) is 23.1 Å². The van der Waals surface area contributed by atoms with Gasteiger partial charge in [-0.25, -0.2) is 19.7 Å². The molecule has 0 amide bonds. The van der Waals surface area contributed by atoms with E-state index in [1.54, 1.807) is 53.8 Å². The van der Waals surface area contributed by atoms with Crippen LogP contribution in [0.2, 0.25) is 0 Å². The number of fused-ring (bicyclic) bond motifs is 1. The Balaban J connectivity index is -0.000000206. The van der Waals surface area contributed by atoms with Gasteiger partial charge in [-0.3, -0.25) is 4.79 Å². The van der Waals surface area contributed by atoms with E-state index in [1.165, 1.54) is 19.3 Å². The number of imidazole rings is 1. The predicted molar refractivity (Wildman–Crippen MR) is 549 cm³/mol. The number of nitrogen functional groups attached to an aromatic ring is 1. The van der Waals surface area contributed by atoms with Crippen LogP contribution in [0.5, 0.6) is 0 Å². The van der Waals surface area contributed by atoms with Crippen molar-refractivity contribution in [2.24, 2.45) is 5.73 Å². The minimum absolute atomic E-state index is 0. The molecule has 660 valence electrons. The van der Waals surface area contributed by atoms with Gasteiger partial charge in [-0.1, -0.05) is 13.9 Å². The van der Waals surface area contributed by atoms with Crippen molar-refractivity contribution in [3.8, 4) is 215 Å². The topological polar surface area (TPSA) is 358 Å². The largest absolute Gasteiger partial charge is 0.490 e. The second-order valence-electron chi connectivity index (χ2n) is 18.8. The van der Waals surface area contributed by atoms with E-state index in [1.807, 2.05) is 16.7 Å². The molecule has 5 aromatic heterocycles. The number of anilines is 3. The zero-order valence-corrected chi connectivity index (χ0v) is 89.5. The fourth-order valence-corrected chi connectivity index (χ4v) is 134. The maximum Gasteiger partial charge on any atom is 0.490 e. The SMILES string of the molecule is C#CC#CC#CC#CC#CC#CC#CC#CC#C.C#CC#CC#CC#CC#CC#CC#CC#CC#CC.CC(=O)CCl.COCCN.COCCNc1cc(Br)cnc1N.COCCNc1cc(Br)cnc1[N+](=O)[O-].COCCn1c(CCl)nc2ncc(Br)cc21.Cl.N.O=C(O)C(F)(F)F.O=[N+]([O-])c1ncc(Br)cc1F.PPP(P(P)P)P(P(P)P)P(P)P.[Fe]. The van der Waals surface area contributed by atoms with Crippen molar-refractivity contribution in [1.29, 1.82) is 0 Å². The number of nitrogens with two attached hydrogens (primary N) is 2. The number of halogens is 11. The number of carbonyl (C=O) groups excluding carboxylic acids is 1. The van der Waals surface area contributed by atoms with Crippen LogP contribution in [0, 0.1) is 241 Å². The quantitative estimate of drug-likeness (QED) is 0.00548. The number of terminal acetylenes is 3. The van der Waals surface area contributed by atoms with E-state index >= 15 is 0 Å². The molecule has 125 heavy (non-hydrogen) atoms. The molecule has 10 N–H and O–H groups in total. The zero-order chi connectivity index (χ0) is 93.3. The molecule has 0 aliphatic heterocycles. The number of aromatic nitrogens is 6. The number of pyridine rings is 4. The number of ketones is 1. The molecule has 0 aromatic carbocycles. The van der Waals surface area contributed by atoms with Gasteiger partial charge in [0.05, 0.1) is 58.3 Å². The number of hydrogen-bond acceptors (Lipinski definition) is 20. The van der Waals surface area contributed by atoms with Gasteiger partial charge in [-0.15, -0.1) is 117 Å². The number of alkyl halides is 5. The Kier molecular flexibility index (Phi) is 99.5. The molecule has 0 saturated carbocycles. The maximum atomic E-state index is 12.6. The second-order valence-corrected chi connectivity index (χ2v) is 70.5. The van der Waals surface area contributed by atoms with E-state index in [-0.39, 0.29) is 88.0 Å². The van der Waals surface area contributed by atoms with E-state index in [0.717, 1.165) is 58.7 Å². The third kappa shape index (κ3) is 79.7. The van der Waals surface area contributed by atoms with Gasteiger partial charge in [0.15, 0.2) is 18.0 Å². The molecule has 0 saturated heterocycles. The zero-order valence-electron chi connectivity index (χ0n) is 66.2. The molecule has 5 rings (SSSR count). The summed E-state index contributed by atoms with van der Waals surface area (Å²) < 4.78 is 68.6. The number of carboxylic acids is 1. The number of rotatable bonds is 22. The predicted octanol–water partition coefficient (Wildman–Crippen LogP) is 17.5. The van der Waals surface area contributed by atoms with Crippen molar-refractivity contribution in [1.82, 2.24) is 35.6 Å². The van der Waals surface area contributed by atoms with E-state index in [9.17, 15) is 42.6 Å². The standard InChI is InChI=1S/C19H4.C18H2.C10H11BrClN3O.C8H10BrN3O3.C8H12BrN3O.C5H2BrFN2O2.C3H5ClO.C3H9NO.C2HF3O2.ClH.Fe.H3N.H15P13/c1-3-5-7-9-11-13-15-17-19-18-16-14-12-10-8-6-4-2;1-3-5-7-9-11-13-15-17-18-16-14-12-10-8-6-4-2;1-16-3-2-15-8-4-7(11)6-13-10(8)14-9(15)5-12;1-15-3-2-10-7-4-6(9)5-11-8(7)12(13)14;1-13-3-2-11-7-4-6(9)5-12-8(7)10;6-3-1-4(7)5(8-2-3)9(10)11;1-3(5)2-4;1-5-3-2-4;3-2(4,5)1(6)7;;;;1-8-12(9(2)3)13(10(4)5)11(6)7/h1H,2H3;1-2H;4,6H,2-3,5H2,1H3;4-5,10H,2-3H2,1H3;4-5,11H,2-3H2,1H3,(H2,10,12);1-2H;2H2,1H3;2-4H2,1H3;(H,6,7);1H;;1H3;8H,1-7H2. The Morgan fingerprint density at radius 2 is 0.920 bits per heavy atom. The van der Waals surface area contributed by atoms with Crippen molar-refractivity contribution in [2.75, 3.05) is 96.7 Å². The number of nitrogens with zero attached hydrogens (tertiary/aromatic N) is 8. The van der Waals surface area contributed by atoms with Gasteiger partial charge in [0.2, 0.25) is 5.82 Å². The number of carboxylic acid groups (broad SMARTS) is 1. The van der Waals surface area contributed by atoms with E-state index < -0.39 is 33.6 Å². The van der Waals surface area contributed by atoms with E-state index in [2.05, 4.69) is 362 Å². The molecule has 9 atom stereocenters. The molecule has 0 aliphatic carbocycles. The summed E-state index contributed by atoms with van der Waals surface area (Å²) in [6, 6.07) is 6.48. The summed E-state index contributed by atoms with van der Waals surface area (Å²) in [7, 11) is 28.8. The fraction of sp³-hybridized carbons (Fsp3) is 0.224. The average molecular weight is 2310 g/mol. The maximum absolute atomic E-state index is 12.6. The van der Waals surface area contributed by atoms with Crippen LogP contribution in [-0.4, -0.2) is 143 Å². The Morgan fingerprint density at radius 1 is 0.592 bits per heavy atom. The number of aliphatic carboxylic acids is 1. The van der Waals surface area contributed by atoms with Crippen LogP contribution in [-0.2, 0) is 58.0 Å². The van der Waals surface area contributed by atoms with Gasteiger partial charge in [0, 0.05) is 99.1 Å². The number of carbonyl (C=O) groups is 2. The normalized spacial score (nSPS) is 8.55. The summed E-state index contributed by atoms with van der Waals surface area (Å²) in [4.78, 5) is 57.4. The number of nitro groups is 2. The van der Waals surface area contributed by atoms with Gasteiger partial charge in [-0.2, -0.15) is 17.6 Å². The fourth-order valence-electron chi connectivity index (χ4n) is 5.57. The van der Waals surface area contributed by atoms with Gasteiger partial charge in [-0.05, 0) is 340 Å². The molecule has 0 spiro atoms. The third-order valence-corrected chi connectivity index (χ3v) is 85.8. The number of Topliss-reactive ketones (excluding diaryl/α,β-unsaturated/α-hetero) is 1. The molecule has 5 heterocycles. The summed E-state index contributed by atoms with van der Waals surface area (Å²) >= 11 is 23.7. The van der Waals surface area contributed by atoms with E-state index in [0.29, 0.717) is 65.8 Å². The minimum Gasteiger partial charge on any atom is -0.475 e. The smallest absolute Gasteiger partial charge is 0.475 e. The Bertz CT molecular complexity index is 5340. The molecule has 9 unspecified atom stereocenters. The number of hydrogen-bond donors (Lipinski definition) is 6. The van der Waals surface area contributed by atoms with Gasteiger partial charge >= 0.3 is 23.8 Å². The Labute approximate surface area is 811 Å². The number of ether oxygens (including phenoxy) is 4. The van der Waals surface area contributed by atoms with Crippen molar-refractivity contribution in [3.63, 3.8) is 0 Å².